The van der Waals surface area contributed by atoms with Gasteiger partial charge < -0.3 is 5.32 Å². The van der Waals surface area contributed by atoms with Crippen molar-refractivity contribution in [2.45, 2.75) is 6.92 Å². The van der Waals surface area contributed by atoms with Gasteiger partial charge in [-0.3, -0.25) is 30.6 Å². The normalized spacial score (nSPS) is 10.1. The number of nitrogens with one attached hydrogen (secondary N) is 4. The minimum absolute atomic E-state index is 0.0408. The van der Waals surface area contributed by atoms with Crippen molar-refractivity contribution in [1.29, 1.82) is 0 Å². The lowest BCUT2D eigenvalue weighted by atomic mass is 10.2. The Morgan fingerprint density at radius 3 is 2.22 bits per heavy atom. The van der Waals surface area contributed by atoms with Gasteiger partial charge in [-0.1, -0.05) is 30.3 Å². The summed E-state index contributed by atoms with van der Waals surface area (Å²) in [6.07, 6.45) is 2.99. The smallest absolute Gasteiger partial charge is 0.269 e. The Morgan fingerprint density at radius 2 is 1.59 bits per heavy atom. The summed E-state index contributed by atoms with van der Waals surface area (Å²) in [5, 5.41) is 4.98. The number of hydrazine groups is 1. The highest BCUT2D eigenvalue weighted by Crippen LogP contribution is 2.09. The topological polar surface area (TPSA) is 99.3 Å². The SMILES string of the molecule is CC(=O)Nc1ccc(C(=O)NNC(=S)NC(=O)/C=C/c2ccccc2)cc1. The van der Waals surface area contributed by atoms with E-state index in [0.717, 1.165) is 5.56 Å². The molecule has 2 rings (SSSR count). The Bertz CT molecular complexity index is 864. The summed E-state index contributed by atoms with van der Waals surface area (Å²) in [7, 11) is 0. The van der Waals surface area contributed by atoms with Crippen LogP contribution < -0.4 is 21.5 Å². The number of thiocarbonyl (C=S) groups is 1. The van der Waals surface area contributed by atoms with Crippen LogP contribution in [0.15, 0.2) is 60.7 Å². The fraction of sp³-hybridized carbons (Fsp3) is 0.0526. The standard InChI is InChI=1S/C19H18N4O3S/c1-13(24)20-16-10-8-15(9-11-16)18(26)22-23-19(27)21-17(25)12-7-14-5-3-2-4-6-14/h2-12H,1H3,(H,20,24)(H,22,26)(H2,21,23,25,27)/b12-7+. The average Bonchev–Trinajstić information content (AvgIpc) is 2.65. The molecule has 0 aliphatic rings. The summed E-state index contributed by atoms with van der Waals surface area (Å²) in [6.45, 7) is 1.40. The molecule has 2 aromatic rings. The summed E-state index contributed by atoms with van der Waals surface area (Å²) < 4.78 is 0. The Morgan fingerprint density at radius 1 is 0.926 bits per heavy atom. The van der Waals surface area contributed by atoms with Crippen LogP contribution in [-0.2, 0) is 9.59 Å². The zero-order valence-electron chi connectivity index (χ0n) is 14.5. The maximum absolute atomic E-state index is 12.0. The van der Waals surface area contributed by atoms with Crippen molar-refractivity contribution >= 4 is 46.8 Å². The van der Waals surface area contributed by atoms with E-state index in [2.05, 4.69) is 21.5 Å². The second-order valence-corrected chi connectivity index (χ2v) is 5.81. The molecule has 0 aliphatic heterocycles. The minimum atomic E-state index is -0.444. The summed E-state index contributed by atoms with van der Waals surface area (Å²) in [5.41, 5.74) is 6.65. The third kappa shape index (κ3) is 7.09. The number of carbonyl (C=O) groups is 3. The number of carbonyl (C=O) groups excluding carboxylic acids is 3. The number of hydrogen-bond acceptors (Lipinski definition) is 4. The highest BCUT2D eigenvalue weighted by molar-refractivity contribution is 7.80. The van der Waals surface area contributed by atoms with Crippen molar-refractivity contribution in [1.82, 2.24) is 16.2 Å². The van der Waals surface area contributed by atoms with Crippen LogP contribution in [0.3, 0.4) is 0 Å². The van der Waals surface area contributed by atoms with Crippen LogP contribution in [0.4, 0.5) is 5.69 Å². The fourth-order valence-electron chi connectivity index (χ4n) is 2.01. The van der Waals surface area contributed by atoms with Crippen molar-refractivity contribution in [3.8, 4) is 0 Å². The predicted molar refractivity (Wildman–Crippen MR) is 108 cm³/mol. The number of hydrogen-bond donors (Lipinski definition) is 4. The van der Waals surface area contributed by atoms with E-state index in [1.807, 2.05) is 30.3 Å². The van der Waals surface area contributed by atoms with Crippen LogP contribution in [0, 0.1) is 0 Å². The van der Waals surface area contributed by atoms with Gasteiger partial charge in [0.05, 0.1) is 0 Å². The number of anilines is 1. The largest absolute Gasteiger partial charge is 0.326 e. The molecule has 0 atom stereocenters. The number of amides is 3. The van der Waals surface area contributed by atoms with Gasteiger partial charge in [0.15, 0.2) is 5.11 Å². The van der Waals surface area contributed by atoms with Gasteiger partial charge in [-0.25, -0.2) is 0 Å². The first-order valence-corrected chi connectivity index (χ1v) is 8.37. The first-order valence-electron chi connectivity index (χ1n) is 7.96. The first-order chi connectivity index (χ1) is 12.9. The molecule has 0 saturated carbocycles. The molecule has 0 spiro atoms. The molecule has 2 aromatic carbocycles. The third-order valence-corrected chi connectivity index (χ3v) is 3.42. The van der Waals surface area contributed by atoms with E-state index in [9.17, 15) is 14.4 Å². The molecule has 0 radical (unpaired) electrons. The predicted octanol–water partition coefficient (Wildman–Crippen LogP) is 1.99. The highest BCUT2D eigenvalue weighted by atomic mass is 32.1. The first kappa shape index (κ1) is 19.8. The van der Waals surface area contributed by atoms with Crippen molar-refractivity contribution in [2.75, 3.05) is 5.32 Å². The molecule has 3 amide bonds. The van der Waals surface area contributed by atoms with E-state index in [4.69, 9.17) is 12.2 Å². The van der Waals surface area contributed by atoms with Crippen LogP contribution in [0.2, 0.25) is 0 Å². The van der Waals surface area contributed by atoms with E-state index < -0.39 is 11.8 Å². The van der Waals surface area contributed by atoms with Crippen LogP contribution in [0.1, 0.15) is 22.8 Å². The Kier molecular flexibility index (Phi) is 7.21. The van der Waals surface area contributed by atoms with E-state index in [0.29, 0.717) is 11.3 Å². The lowest BCUT2D eigenvalue weighted by molar-refractivity contribution is -0.115. The fourth-order valence-corrected chi connectivity index (χ4v) is 2.17. The zero-order valence-corrected chi connectivity index (χ0v) is 15.3. The number of rotatable bonds is 4. The quantitative estimate of drug-likeness (QED) is 0.368. The molecular weight excluding hydrogens is 364 g/mol. The van der Waals surface area contributed by atoms with E-state index >= 15 is 0 Å². The van der Waals surface area contributed by atoms with Crippen molar-refractivity contribution in [2.24, 2.45) is 0 Å². The Labute approximate surface area is 161 Å². The van der Waals surface area contributed by atoms with Crippen molar-refractivity contribution in [3.63, 3.8) is 0 Å². The molecule has 27 heavy (non-hydrogen) atoms. The van der Waals surface area contributed by atoms with E-state index in [1.54, 1.807) is 30.3 Å². The maximum Gasteiger partial charge on any atom is 0.269 e. The maximum atomic E-state index is 12.0. The van der Waals surface area contributed by atoms with E-state index in [1.165, 1.54) is 13.0 Å². The summed E-state index contributed by atoms with van der Waals surface area (Å²) in [6, 6.07) is 15.6. The molecule has 138 valence electrons. The van der Waals surface area contributed by atoms with Gasteiger partial charge in [0.25, 0.3) is 5.91 Å². The van der Waals surface area contributed by atoms with Crippen molar-refractivity contribution < 1.29 is 14.4 Å². The van der Waals surface area contributed by atoms with Gasteiger partial charge >= 0.3 is 0 Å². The van der Waals surface area contributed by atoms with Gasteiger partial charge in [0, 0.05) is 24.3 Å². The van der Waals surface area contributed by atoms with Gasteiger partial charge in [-0.2, -0.15) is 0 Å². The van der Waals surface area contributed by atoms with Crippen molar-refractivity contribution in [3.05, 3.63) is 71.8 Å². The molecule has 7 nitrogen and oxygen atoms in total. The molecule has 0 fully saturated rings. The molecule has 0 aliphatic carbocycles. The summed E-state index contributed by atoms with van der Waals surface area (Å²) >= 11 is 4.96. The minimum Gasteiger partial charge on any atom is -0.326 e. The molecule has 0 unspecified atom stereocenters. The van der Waals surface area contributed by atoms with Gasteiger partial charge in [0.2, 0.25) is 11.8 Å². The third-order valence-electron chi connectivity index (χ3n) is 3.22. The Hall–Kier alpha value is -3.52. The number of benzene rings is 2. The van der Waals surface area contributed by atoms with Gasteiger partial charge in [0.1, 0.15) is 0 Å². The second-order valence-electron chi connectivity index (χ2n) is 5.40. The molecule has 0 heterocycles. The van der Waals surface area contributed by atoms with Crippen LogP contribution in [-0.4, -0.2) is 22.8 Å². The molecule has 0 bridgehead atoms. The monoisotopic (exact) mass is 382 g/mol. The zero-order chi connectivity index (χ0) is 19.6. The Balaban J connectivity index is 1.79. The molecular formula is C19H18N4O3S. The molecule has 0 saturated heterocycles. The van der Waals surface area contributed by atoms with Gasteiger partial charge in [-0.15, -0.1) is 0 Å². The summed E-state index contributed by atoms with van der Waals surface area (Å²) in [5.74, 6) is -1.07. The van der Waals surface area contributed by atoms with Crippen LogP contribution in [0.25, 0.3) is 6.08 Å². The van der Waals surface area contributed by atoms with Gasteiger partial charge in [-0.05, 0) is 48.1 Å². The molecule has 8 heteroatoms. The molecule has 0 aromatic heterocycles. The highest BCUT2D eigenvalue weighted by Gasteiger charge is 2.07. The van der Waals surface area contributed by atoms with Crippen LogP contribution in [0.5, 0.6) is 0 Å². The average molecular weight is 382 g/mol. The van der Waals surface area contributed by atoms with E-state index in [-0.39, 0.29) is 11.0 Å². The lowest BCUT2D eigenvalue weighted by Crippen LogP contribution is -2.48. The summed E-state index contributed by atoms with van der Waals surface area (Å²) in [4.78, 5) is 34.8. The molecule has 4 N–H and O–H groups in total. The van der Waals surface area contributed by atoms with Crippen LogP contribution >= 0.6 is 12.2 Å². The lowest BCUT2D eigenvalue weighted by Gasteiger charge is -2.10. The second kappa shape index (κ2) is 9.83.